The smallest absolute Gasteiger partial charge is 0.251 e. The van der Waals surface area contributed by atoms with Crippen molar-refractivity contribution in [3.05, 3.63) is 17.0 Å². The Morgan fingerprint density at radius 2 is 2.20 bits per heavy atom. The molecule has 1 fully saturated rings. The lowest BCUT2D eigenvalue weighted by Gasteiger charge is -2.23. The SMILES string of the molecule is NC(=O)c1ccsc1NC(=O)C1CCC1. The number of nitrogens with one attached hydrogen (secondary N) is 1. The van der Waals surface area contributed by atoms with Gasteiger partial charge >= 0.3 is 0 Å². The number of primary amides is 1. The minimum absolute atomic E-state index is 0.00574. The normalized spacial score (nSPS) is 15.7. The van der Waals surface area contributed by atoms with E-state index in [0.29, 0.717) is 10.6 Å². The fourth-order valence-electron chi connectivity index (χ4n) is 1.48. The summed E-state index contributed by atoms with van der Waals surface area (Å²) in [7, 11) is 0. The summed E-state index contributed by atoms with van der Waals surface area (Å²) < 4.78 is 0. The molecule has 1 aromatic rings. The summed E-state index contributed by atoms with van der Waals surface area (Å²) in [5, 5.41) is 5.07. The van der Waals surface area contributed by atoms with Gasteiger partial charge in [-0.05, 0) is 24.3 Å². The molecule has 0 unspecified atom stereocenters. The number of thiophene rings is 1. The van der Waals surface area contributed by atoms with Crippen molar-refractivity contribution in [2.45, 2.75) is 19.3 Å². The van der Waals surface area contributed by atoms with Crippen molar-refractivity contribution in [1.82, 2.24) is 0 Å². The highest BCUT2D eigenvalue weighted by atomic mass is 32.1. The number of nitrogens with two attached hydrogens (primary N) is 1. The van der Waals surface area contributed by atoms with E-state index in [4.69, 9.17) is 5.73 Å². The summed E-state index contributed by atoms with van der Waals surface area (Å²) in [6.45, 7) is 0. The molecule has 0 bridgehead atoms. The lowest BCUT2D eigenvalue weighted by atomic mass is 9.85. The van der Waals surface area contributed by atoms with Crippen LogP contribution in [0.1, 0.15) is 29.6 Å². The zero-order valence-corrected chi connectivity index (χ0v) is 8.97. The quantitative estimate of drug-likeness (QED) is 0.818. The van der Waals surface area contributed by atoms with Gasteiger partial charge in [0.15, 0.2) is 0 Å². The Labute approximate surface area is 91.5 Å². The number of hydrogen-bond acceptors (Lipinski definition) is 3. The lowest BCUT2D eigenvalue weighted by molar-refractivity contribution is -0.122. The van der Waals surface area contributed by atoms with E-state index >= 15 is 0 Å². The molecule has 0 spiro atoms. The largest absolute Gasteiger partial charge is 0.366 e. The van der Waals surface area contributed by atoms with Crippen LogP contribution in [0.4, 0.5) is 5.00 Å². The fraction of sp³-hybridized carbons (Fsp3) is 0.400. The molecule has 0 saturated heterocycles. The van der Waals surface area contributed by atoms with E-state index in [2.05, 4.69) is 5.32 Å². The van der Waals surface area contributed by atoms with Gasteiger partial charge in [0.25, 0.3) is 5.91 Å². The van der Waals surface area contributed by atoms with Crippen molar-refractivity contribution in [1.29, 1.82) is 0 Å². The molecule has 2 rings (SSSR count). The van der Waals surface area contributed by atoms with Crippen LogP contribution in [0.5, 0.6) is 0 Å². The average molecular weight is 224 g/mol. The second-order valence-corrected chi connectivity index (χ2v) is 4.56. The minimum atomic E-state index is -0.500. The third-order valence-electron chi connectivity index (χ3n) is 2.64. The van der Waals surface area contributed by atoms with E-state index in [1.165, 1.54) is 11.3 Å². The molecule has 1 saturated carbocycles. The summed E-state index contributed by atoms with van der Waals surface area (Å²) >= 11 is 1.33. The molecule has 80 valence electrons. The first-order valence-corrected chi connectivity index (χ1v) is 5.74. The second-order valence-electron chi connectivity index (χ2n) is 3.64. The van der Waals surface area contributed by atoms with Crippen LogP contribution in [0.25, 0.3) is 0 Å². The monoisotopic (exact) mass is 224 g/mol. The Bertz CT molecular complexity index is 396. The van der Waals surface area contributed by atoms with Crippen LogP contribution in [-0.2, 0) is 4.79 Å². The van der Waals surface area contributed by atoms with Crippen LogP contribution in [-0.4, -0.2) is 11.8 Å². The first-order chi connectivity index (χ1) is 7.18. The molecule has 1 aliphatic carbocycles. The maximum atomic E-state index is 11.6. The molecule has 0 radical (unpaired) electrons. The van der Waals surface area contributed by atoms with Gasteiger partial charge in [0, 0.05) is 5.92 Å². The van der Waals surface area contributed by atoms with Gasteiger partial charge in [-0.2, -0.15) is 0 Å². The minimum Gasteiger partial charge on any atom is -0.366 e. The third kappa shape index (κ3) is 2.02. The second kappa shape index (κ2) is 4.02. The van der Waals surface area contributed by atoms with Gasteiger partial charge in [-0.1, -0.05) is 6.42 Å². The summed E-state index contributed by atoms with van der Waals surface area (Å²) in [5.74, 6) is -0.376. The van der Waals surface area contributed by atoms with Gasteiger partial charge < -0.3 is 11.1 Å². The van der Waals surface area contributed by atoms with Crippen molar-refractivity contribution < 1.29 is 9.59 Å². The van der Waals surface area contributed by atoms with Gasteiger partial charge in [-0.3, -0.25) is 9.59 Å². The zero-order valence-electron chi connectivity index (χ0n) is 8.16. The third-order valence-corrected chi connectivity index (χ3v) is 3.47. The Balaban J connectivity index is 2.06. The predicted molar refractivity (Wildman–Crippen MR) is 58.8 cm³/mol. The Hall–Kier alpha value is -1.36. The number of carbonyl (C=O) groups excluding carboxylic acids is 2. The molecule has 3 N–H and O–H groups in total. The van der Waals surface area contributed by atoms with Crippen molar-refractivity contribution >= 4 is 28.2 Å². The predicted octanol–water partition coefficient (Wildman–Crippen LogP) is 1.59. The number of rotatable bonds is 3. The van der Waals surface area contributed by atoms with Crippen LogP contribution in [0.15, 0.2) is 11.4 Å². The van der Waals surface area contributed by atoms with Crippen LogP contribution < -0.4 is 11.1 Å². The summed E-state index contributed by atoms with van der Waals surface area (Å²) in [4.78, 5) is 22.6. The van der Waals surface area contributed by atoms with Crippen LogP contribution >= 0.6 is 11.3 Å². The maximum absolute atomic E-state index is 11.6. The molecular weight excluding hydrogens is 212 g/mol. The molecule has 2 amide bonds. The summed E-state index contributed by atoms with van der Waals surface area (Å²) in [6, 6.07) is 1.63. The van der Waals surface area contributed by atoms with E-state index in [0.717, 1.165) is 19.3 Å². The molecular formula is C10H12N2O2S. The summed E-state index contributed by atoms with van der Waals surface area (Å²) in [5.41, 5.74) is 5.57. The Morgan fingerprint density at radius 3 is 2.73 bits per heavy atom. The zero-order chi connectivity index (χ0) is 10.8. The molecule has 15 heavy (non-hydrogen) atoms. The van der Waals surface area contributed by atoms with Crippen molar-refractivity contribution in [2.75, 3.05) is 5.32 Å². The first-order valence-electron chi connectivity index (χ1n) is 4.86. The van der Waals surface area contributed by atoms with Crippen molar-refractivity contribution in [3.8, 4) is 0 Å². The highest BCUT2D eigenvalue weighted by molar-refractivity contribution is 7.14. The van der Waals surface area contributed by atoms with E-state index in [-0.39, 0.29) is 11.8 Å². The first kappa shape index (κ1) is 10.2. The number of carbonyl (C=O) groups is 2. The Morgan fingerprint density at radius 1 is 1.47 bits per heavy atom. The van der Waals surface area contributed by atoms with E-state index in [1.54, 1.807) is 11.4 Å². The van der Waals surface area contributed by atoms with Gasteiger partial charge in [0.05, 0.1) is 5.56 Å². The summed E-state index contributed by atoms with van der Waals surface area (Å²) in [6.07, 6.45) is 3.01. The lowest BCUT2D eigenvalue weighted by Crippen LogP contribution is -2.28. The van der Waals surface area contributed by atoms with Gasteiger partial charge in [-0.25, -0.2) is 0 Å². The number of amides is 2. The molecule has 1 aliphatic rings. The molecule has 5 heteroatoms. The number of anilines is 1. The molecule has 1 aromatic heterocycles. The number of hydrogen-bond donors (Lipinski definition) is 2. The van der Waals surface area contributed by atoms with Gasteiger partial charge in [-0.15, -0.1) is 11.3 Å². The van der Waals surface area contributed by atoms with E-state index in [1.807, 2.05) is 0 Å². The van der Waals surface area contributed by atoms with E-state index < -0.39 is 5.91 Å². The maximum Gasteiger partial charge on any atom is 0.251 e. The molecule has 0 aliphatic heterocycles. The van der Waals surface area contributed by atoms with Crippen LogP contribution in [0.3, 0.4) is 0 Å². The van der Waals surface area contributed by atoms with Crippen LogP contribution in [0.2, 0.25) is 0 Å². The fourth-order valence-corrected chi connectivity index (χ4v) is 2.28. The standard InChI is InChI=1S/C10H12N2O2S/c11-8(13)7-4-5-15-10(7)12-9(14)6-2-1-3-6/h4-6H,1-3H2,(H2,11,13)(H,12,14). The van der Waals surface area contributed by atoms with Gasteiger partial charge in [0.1, 0.15) is 5.00 Å². The Kier molecular flexibility index (Phi) is 2.73. The molecule has 0 aromatic carbocycles. The van der Waals surface area contributed by atoms with Gasteiger partial charge in [0.2, 0.25) is 5.91 Å². The van der Waals surface area contributed by atoms with E-state index in [9.17, 15) is 9.59 Å². The molecule has 0 atom stereocenters. The topological polar surface area (TPSA) is 72.2 Å². The molecule has 4 nitrogen and oxygen atoms in total. The highest BCUT2D eigenvalue weighted by Gasteiger charge is 2.26. The average Bonchev–Trinajstić information content (AvgIpc) is 2.48. The molecule has 1 heterocycles. The van der Waals surface area contributed by atoms with Crippen molar-refractivity contribution in [3.63, 3.8) is 0 Å². The van der Waals surface area contributed by atoms with Crippen LogP contribution in [0, 0.1) is 5.92 Å². The van der Waals surface area contributed by atoms with Crippen molar-refractivity contribution in [2.24, 2.45) is 11.7 Å². The highest BCUT2D eigenvalue weighted by Crippen LogP contribution is 2.29.